The molecule has 1 aromatic rings. The quantitative estimate of drug-likeness (QED) is 0.772. The minimum atomic E-state index is 0.146. The first kappa shape index (κ1) is 18.3. The van der Waals surface area contributed by atoms with Gasteiger partial charge in [0.2, 0.25) is 0 Å². The SMILES string of the molecule is CCC(C)CN(C)C(CN)c1cc(OC)c(OC)cc1Br. The number of hydrogen-bond acceptors (Lipinski definition) is 4. The summed E-state index contributed by atoms with van der Waals surface area (Å²) in [7, 11) is 5.40. The van der Waals surface area contributed by atoms with Crippen LogP contribution in [-0.4, -0.2) is 39.3 Å². The van der Waals surface area contributed by atoms with E-state index in [9.17, 15) is 0 Å². The molecule has 0 heterocycles. The molecule has 0 aromatic heterocycles. The molecule has 0 spiro atoms. The molecule has 0 amide bonds. The average Bonchev–Trinajstić information content (AvgIpc) is 2.48. The van der Waals surface area contributed by atoms with Crippen LogP contribution in [0.15, 0.2) is 16.6 Å². The van der Waals surface area contributed by atoms with Gasteiger partial charge in [0.25, 0.3) is 0 Å². The highest BCUT2D eigenvalue weighted by atomic mass is 79.9. The van der Waals surface area contributed by atoms with E-state index in [1.807, 2.05) is 12.1 Å². The summed E-state index contributed by atoms with van der Waals surface area (Å²) in [4.78, 5) is 2.31. The molecule has 0 saturated carbocycles. The Hall–Kier alpha value is -0.780. The zero-order chi connectivity index (χ0) is 16.0. The van der Waals surface area contributed by atoms with Gasteiger partial charge in [-0.2, -0.15) is 0 Å². The fourth-order valence-electron chi connectivity index (χ4n) is 2.42. The van der Waals surface area contributed by atoms with Crippen LogP contribution in [0.4, 0.5) is 0 Å². The molecular weight excluding hydrogens is 332 g/mol. The first-order valence-electron chi connectivity index (χ1n) is 7.30. The van der Waals surface area contributed by atoms with Crippen LogP contribution in [0.3, 0.4) is 0 Å². The summed E-state index contributed by atoms with van der Waals surface area (Å²) < 4.78 is 11.7. The van der Waals surface area contributed by atoms with E-state index < -0.39 is 0 Å². The van der Waals surface area contributed by atoms with E-state index >= 15 is 0 Å². The molecule has 1 aromatic carbocycles. The fraction of sp³-hybridized carbons (Fsp3) is 0.625. The van der Waals surface area contributed by atoms with Gasteiger partial charge < -0.3 is 15.2 Å². The molecule has 0 bridgehead atoms. The summed E-state index contributed by atoms with van der Waals surface area (Å²) in [5, 5.41) is 0. The molecular formula is C16H27BrN2O2. The Labute approximate surface area is 136 Å². The Morgan fingerprint density at radius 2 is 1.81 bits per heavy atom. The molecule has 0 aliphatic rings. The summed E-state index contributed by atoms with van der Waals surface area (Å²) in [5.74, 6) is 2.09. The maximum absolute atomic E-state index is 6.02. The van der Waals surface area contributed by atoms with E-state index in [0.717, 1.165) is 28.8 Å². The molecule has 0 radical (unpaired) electrons. The Morgan fingerprint density at radius 1 is 1.24 bits per heavy atom. The second-order valence-electron chi connectivity index (χ2n) is 5.43. The zero-order valence-corrected chi connectivity index (χ0v) is 15.2. The molecule has 0 saturated heterocycles. The van der Waals surface area contributed by atoms with Crippen LogP contribution in [0.25, 0.3) is 0 Å². The topological polar surface area (TPSA) is 47.7 Å². The van der Waals surface area contributed by atoms with Crippen LogP contribution in [0, 0.1) is 5.92 Å². The first-order valence-corrected chi connectivity index (χ1v) is 8.09. The highest BCUT2D eigenvalue weighted by Crippen LogP contribution is 2.37. The van der Waals surface area contributed by atoms with E-state index in [4.69, 9.17) is 15.2 Å². The Balaban J connectivity index is 3.10. The zero-order valence-electron chi connectivity index (χ0n) is 13.6. The van der Waals surface area contributed by atoms with Gasteiger partial charge in [0.15, 0.2) is 11.5 Å². The van der Waals surface area contributed by atoms with Crippen molar-refractivity contribution in [1.82, 2.24) is 4.90 Å². The van der Waals surface area contributed by atoms with E-state index in [1.165, 1.54) is 0 Å². The summed E-state index contributed by atoms with van der Waals surface area (Å²) in [6.45, 7) is 6.04. The number of rotatable bonds is 8. The molecule has 21 heavy (non-hydrogen) atoms. The van der Waals surface area contributed by atoms with Gasteiger partial charge in [-0.3, -0.25) is 4.90 Å². The van der Waals surface area contributed by atoms with Crippen molar-refractivity contribution >= 4 is 15.9 Å². The van der Waals surface area contributed by atoms with E-state index in [1.54, 1.807) is 14.2 Å². The number of ether oxygens (including phenoxy) is 2. The molecule has 0 aliphatic heterocycles. The van der Waals surface area contributed by atoms with Gasteiger partial charge in [0.05, 0.1) is 14.2 Å². The average molecular weight is 359 g/mol. The molecule has 1 rings (SSSR count). The maximum atomic E-state index is 6.02. The number of halogens is 1. The van der Waals surface area contributed by atoms with Crippen molar-refractivity contribution in [2.24, 2.45) is 11.7 Å². The van der Waals surface area contributed by atoms with Crippen molar-refractivity contribution in [3.63, 3.8) is 0 Å². The summed E-state index contributed by atoms with van der Waals surface area (Å²) >= 11 is 3.63. The van der Waals surface area contributed by atoms with Gasteiger partial charge in [-0.1, -0.05) is 36.2 Å². The third-order valence-electron chi connectivity index (χ3n) is 3.91. The number of nitrogens with zero attached hydrogens (tertiary/aromatic N) is 1. The molecule has 4 nitrogen and oxygen atoms in total. The van der Waals surface area contributed by atoms with Crippen molar-refractivity contribution in [3.8, 4) is 11.5 Å². The predicted octanol–water partition coefficient (Wildman–Crippen LogP) is 3.44. The van der Waals surface area contributed by atoms with Crippen molar-refractivity contribution < 1.29 is 9.47 Å². The van der Waals surface area contributed by atoms with E-state index in [0.29, 0.717) is 18.2 Å². The summed E-state index contributed by atoms with van der Waals surface area (Å²) in [6.07, 6.45) is 1.16. The smallest absolute Gasteiger partial charge is 0.161 e. The minimum Gasteiger partial charge on any atom is -0.493 e. The van der Waals surface area contributed by atoms with Gasteiger partial charge in [-0.25, -0.2) is 0 Å². The summed E-state index contributed by atoms with van der Waals surface area (Å²) in [5.41, 5.74) is 7.15. The third-order valence-corrected chi connectivity index (χ3v) is 4.60. The minimum absolute atomic E-state index is 0.146. The lowest BCUT2D eigenvalue weighted by Gasteiger charge is -2.30. The molecule has 2 N–H and O–H groups in total. The van der Waals surface area contributed by atoms with Crippen molar-refractivity contribution in [3.05, 3.63) is 22.2 Å². The van der Waals surface area contributed by atoms with Crippen LogP contribution in [0.1, 0.15) is 31.9 Å². The van der Waals surface area contributed by atoms with E-state index in [-0.39, 0.29) is 6.04 Å². The van der Waals surface area contributed by atoms with Crippen LogP contribution < -0.4 is 15.2 Å². The van der Waals surface area contributed by atoms with Crippen LogP contribution in [0.5, 0.6) is 11.5 Å². The third kappa shape index (κ3) is 4.59. The molecule has 0 fully saturated rings. The lowest BCUT2D eigenvalue weighted by atomic mass is 10.0. The predicted molar refractivity (Wildman–Crippen MR) is 91.1 cm³/mol. The lowest BCUT2D eigenvalue weighted by molar-refractivity contribution is 0.214. The number of methoxy groups -OCH3 is 2. The first-order chi connectivity index (χ1) is 9.98. The fourth-order valence-corrected chi connectivity index (χ4v) is 3.00. The Kier molecular flexibility index (Phi) is 7.49. The normalized spacial score (nSPS) is 14.1. The van der Waals surface area contributed by atoms with Crippen LogP contribution in [0.2, 0.25) is 0 Å². The van der Waals surface area contributed by atoms with Crippen molar-refractivity contribution in [1.29, 1.82) is 0 Å². The second kappa shape index (κ2) is 8.61. The molecule has 120 valence electrons. The maximum Gasteiger partial charge on any atom is 0.161 e. The lowest BCUT2D eigenvalue weighted by Crippen LogP contribution is -2.33. The van der Waals surface area contributed by atoms with Gasteiger partial charge in [0, 0.05) is 23.6 Å². The standard InChI is InChI=1S/C16H27BrN2O2/c1-6-11(2)10-19(3)14(9-18)12-7-15(20-4)16(21-5)8-13(12)17/h7-8,11,14H,6,9-10,18H2,1-5H3. The number of likely N-dealkylation sites (N-methyl/N-ethyl adjacent to an activating group) is 1. The van der Waals surface area contributed by atoms with Crippen molar-refractivity contribution in [2.75, 3.05) is 34.4 Å². The van der Waals surface area contributed by atoms with Crippen molar-refractivity contribution in [2.45, 2.75) is 26.3 Å². The number of benzene rings is 1. The Bertz CT molecular complexity index is 454. The highest BCUT2D eigenvalue weighted by Gasteiger charge is 2.21. The molecule has 5 heteroatoms. The Morgan fingerprint density at radius 3 is 2.29 bits per heavy atom. The number of nitrogens with two attached hydrogens (primary N) is 1. The molecule has 2 atom stereocenters. The van der Waals surface area contributed by atoms with Gasteiger partial charge >= 0.3 is 0 Å². The molecule has 0 aliphatic carbocycles. The van der Waals surface area contributed by atoms with Gasteiger partial charge in [-0.05, 0) is 30.7 Å². The molecule has 2 unspecified atom stereocenters. The van der Waals surface area contributed by atoms with Gasteiger partial charge in [0.1, 0.15) is 0 Å². The summed E-state index contributed by atoms with van der Waals surface area (Å²) in [6, 6.07) is 4.09. The van der Waals surface area contributed by atoms with Crippen LogP contribution in [-0.2, 0) is 0 Å². The monoisotopic (exact) mass is 358 g/mol. The largest absolute Gasteiger partial charge is 0.493 e. The van der Waals surface area contributed by atoms with E-state index in [2.05, 4.69) is 41.7 Å². The number of hydrogen-bond donors (Lipinski definition) is 1. The van der Waals surface area contributed by atoms with Crippen LogP contribution >= 0.6 is 15.9 Å². The second-order valence-corrected chi connectivity index (χ2v) is 6.29. The van der Waals surface area contributed by atoms with Gasteiger partial charge in [-0.15, -0.1) is 0 Å². The highest BCUT2D eigenvalue weighted by molar-refractivity contribution is 9.10.